The molecule has 1 aliphatic rings. The third-order valence-electron chi connectivity index (χ3n) is 5.26. The van der Waals surface area contributed by atoms with Crippen molar-refractivity contribution in [3.8, 4) is 5.75 Å². The average molecular weight is 431 g/mol. The minimum Gasteiger partial charge on any atom is -0.497 e. The highest BCUT2D eigenvalue weighted by Gasteiger charge is 2.30. The van der Waals surface area contributed by atoms with Crippen molar-refractivity contribution in [3.63, 3.8) is 0 Å². The summed E-state index contributed by atoms with van der Waals surface area (Å²) in [6, 6.07) is 6.33. The number of aryl methyl sites for hydroxylation is 1. The molecule has 0 aliphatic carbocycles. The van der Waals surface area contributed by atoms with Crippen LogP contribution in [0.3, 0.4) is 0 Å². The number of benzene rings is 1. The van der Waals surface area contributed by atoms with Crippen LogP contribution in [-0.4, -0.2) is 61.0 Å². The van der Waals surface area contributed by atoms with Gasteiger partial charge in [0.05, 0.1) is 12.8 Å². The number of carbonyl (C=O) groups excluding carboxylic acids is 2. The number of nitrogens with one attached hydrogen (secondary N) is 1. The molecular weight excluding hydrogens is 400 g/mol. The number of aromatic nitrogens is 1. The van der Waals surface area contributed by atoms with Crippen molar-refractivity contribution in [2.45, 2.75) is 33.2 Å². The smallest absolute Gasteiger partial charge is 0.251 e. The molecule has 1 aromatic heterocycles. The molecule has 8 heteroatoms. The molecule has 2 heterocycles. The van der Waals surface area contributed by atoms with Gasteiger partial charge < -0.3 is 19.9 Å². The summed E-state index contributed by atoms with van der Waals surface area (Å²) in [4.78, 5) is 34.7. The van der Waals surface area contributed by atoms with Crippen LogP contribution in [-0.2, 0) is 4.79 Å². The zero-order valence-electron chi connectivity index (χ0n) is 18.1. The lowest BCUT2D eigenvalue weighted by atomic mass is 10.0. The first-order valence-electron chi connectivity index (χ1n) is 10.3. The Hall–Kier alpha value is -2.61. The number of thiazole rings is 1. The summed E-state index contributed by atoms with van der Waals surface area (Å²) in [6.07, 6.45) is 0.877. The molecular formula is C22H30N4O3S. The standard InChI is InChI=1S/C22H30N4O3S/c1-15(2)19(24-20(27)17-6-8-18(29-4)9-7-17)21(28)25-10-5-11-26(13-12-25)22-23-16(3)14-30-22/h6-9,14-15,19H,5,10-13H2,1-4H3,(H,24,27). The molecule has 30 heavy (non-hydrogen) atoms. The van der Waals surface area contributed by atoms with E-state index in [0.717, 1.165) is 30.3 Å². The molecule has 1 fully saturated rings. The Kier molecular flexibility index (Phi) is 7.31. The fourth-order valence-electron chi connectivity index (χ4n) is 3.49. The van der Waals surface area contributed by atoms with Crippen LogP contribution in [0.15, 0.2) is 29.6 Å². The summed E-state index contributed by atoms with van der Waals surface area (Å²) >= 11 is 1.64. The van der Waals surface area contributed by atoms with Gasteiger partial charge in [0.15, 0.2) is 5.13 Å². The average Bonchev–Trinajstić information content (AvgIpc) is 3.02. The first-order valence-corrected chi connectivity index (χ1v) is 11.2. The molecule has 2 amide bonds. The summed E-state index contributed by atoms with van der Waals surface area (Å²) in [6.45, 7) is 8.84. The Bertz CT molecular complexity index is 866. The van der Waals surface area contributed by atoms with Crippen molar-refractivity contribution >= 4 is 28.3 Å². The molecule has 3 rings (SSSR count). The third-order valence-corrected chi connectivity index (χ3v) is 6.28. The Morgan fingerprint density at radius 2 is 1.87 bits per heavy atom. The number of anilines is 1. The SMILES string of the molecule is COc1ccc(C(=O)NC(C(=O)N2CCCN(c3nc(C)cs3)CC2)C(C)C)cc1. The minimum atomic E-state index is -0.562. The second-order valence-corrected chi connectivity index (χ2v) is 8.70. The topological polar surface area (TPSA) is 74.8 Å². The fourth-order valence-corrected chi connectivity index (χ4v) is 4.35. The van der Waals surface area contributed by atoms with E-state index >= 15 is 0 Å². The maximum Gasteiger partial charge on any atom is 0.251 e. The molecule has 0 saturated carbocycles. The van der Waals surface area contributed by atoms with Gasteiger partial charge in [-0.3, -0.25) is 9.59 Å². The number of nitrogens with zero attached hydrogens (tertiary/aromatic N) is 3. The van der Waals surface area contributed by atoms with Crippen molar-refractivity contribution in [1.29, 1.82) is 0 Å². The molecule has 2 aromatic rings. The second-order valence-electron chi connectivity index (χ2n) is 7.86. The predicted octanol–water partition coefficient (Wildman–Crippen LogP) is 2.95. The normalized spacial score (nSPS) is 15.6. The number of hydrogen-bond acceptors (Lipinski definition) is 6. The van der Waals surface area contributed by atoms with Crippen LogP contribution in [0.25, 0.3) is 0 Å². The summed E-state index contributed by atoms with van der Waals surface area (Å²) in [7, 11) is 1.58. The molecule has 1 unspecified atom stereocenters. The second kappa shape index (κ2) is 9.93. The van der Waals surface area contributed by atoms with Crippen molar-refractivity contribution in [2.75, 3.05) is 38.2 Å². The van der Waals surface area contributed by atoms with Gasteiger partial charge >= 0.3 is 0 Å². The maximum atomic E-state index is 13.3. The van der Waals surface area contributed by atoms with Crippen LogP contribution in [0.4, 0.5) is 5.13 Å². The van der Waals surface area contributed by atoms with Crippen molar-refractivity contribution in [1.82, 2.24) is 15.2 Å². The number of carbonyl (C=O) groups is 2. The highest BCUT2D eigenvalue weighted by molar-refractivity contribution is 7.13. The molecule has 1 aliphatic heterocycles. The van der Waals surface area contributed by atoms with Gasteiger partial charge in [0.1, 0.15) is 11.8 Å². The van der Waals surface area contributed by atoms with Gasteiger partial charge in [-0.2, -0.15) is 0 Å². The summed E-state index contributed by atoms with van der Waals surface area (Å²) in [5.41, 5.74) is 1.53. The van der Waals surface area contributed by atoms with Gasteiger partial charge in [0.2, 0.25) is 5.91 Å². The molecule has 162 valence electrons. The van der Waals surface area contributed by atoms with Gasteiger partial charge in [-0.1, -0.05) is 13.8 Å². The molecule has 0 spiro atoms. The Morgan fingerprint density at radius 3 is 2.47 bits per heavy atom. The minimum absolute atomic E-state index is 0.0133. The van der Waals surface area contributed by atoms with Crippen LogP contribution < -0.4 is 15.0 Å². The summed E-state index contributed by atoms with van der Waals surface area (Å²) in [5.74, 6) is 0.400. The summed E-state index contributed by atoms with van der Waals surface area (Å²) in [5, 5.41) is 6.00. The number of ether oxygens (including phenoxy) is 1. The molecule has 7 nitrogen and oxygen atoms in total. The Balaban J connectivity index is 1.64. The first-order chi connectivity index (χ1) is 14.4. The lowest BCUT2D eigenvalue weighted by Gasteiger charge is -2.29. The largest absolute Gasteiger partial charge is 0.497 e. The van der Waals surface area contributed by atoms with Crippen LogP contribution >= 0.6 is 11.3 Å². The molecule has 1 saturated heterocycles. The predicted molar refractivity (Wildman–Crippen MR) is 119 cm³/mol. The quantitative estimate of drug-likeness (QED) is 0.763. The highest BCUT2D eigenvalue weighted by atomic mass is 32.1. The van der Waals surface area contributed by atoms with E-state index in [1.54, 1.807) is 42.7 Å². The van der Waals surface area contributed by atoms with Gasteiger partial charge in [-0.25, -0.2) is 4.98 Å². The zero-order chi connectivity index (χ0) is 21.7. The van der Waals surface area contributed by atoms with E-state index in [4.69, 9.17) is 4.74 Å². The van der Waals surface area contributed by atoms with Gasteiger partial charge in [-0.05, 0) is 43.5 Å². The molecule has 1 atom stereocenters. The monoisotopic (exact) mass is 430 g/mol. The van der Waals surface area contributed by atoms with E-state index in [9.17, 15) is 9.59 Å². The van der Waals surface area contributed by atoms with Crippen molar-refractivity contribution in [3.05, 3.63) is 40.9 Å². The Labute approximate surface area is 182 Å². The lowest BCUT2D eigenvalue weighted by molar-refractivity contribution is -0.134. The van der Waals surface area contributed by atoms with E-state index in [0.29, 0.717) is 24.4 Å². The van der Waals surface area contributed by atoms with Gasteiger partial charge in [-0.15, -0.1) is 11.3 Å². The van der Waals surface area contributed by atoms with E-state index < -0.39 is 6.04 Å². The van der Waals surface area contributed by atoms with Crippen molar-refractivity contribution in [2.24, 2.45) is 5.92 Å². The van der Waals surface area contributed by atoms with Crippen LogP contribution in [0.2, 0.25) is 0 Å². The zero-order valence-corrected chi connectivity index (χ0v) is 18.9. The Morgan fingerprint density at radius 1 is 1.13 bits per heavy atom. The van der Waals surface area contributed by atoms with Gasteiger partial charge in [0.25, 0.3) is 5.91 Å². The number of amides is 2. The molecule has 1 aromatic carbocycles. The maximum absolute atomic E-state index is 13.3. The number of methoxy groups -OCH3 is 1. The summed E-state index contributed by atoms with van der Waals surface area (Å²) < 4.78 is 5.14. The molecule has 0 bridgehead atoms. The van der Waals surface area contributed by atoms with Gasteiger partial charge in [0, 0.05) is 37.1 Å². The third kappa shape index (κ3) is 5.30. The van der Waals surface area contributed by atoms with Crippen molar-refractivity contribution < 1.29 is 14.3 Å². The van der Waals surface area contributed by atoms with E-state index in [1.165, 1.54) is 0 Å². The van der Waals surface area contributed by atoms with Crippen LogP contribution in [0.5, 0.6) is 5.75 Å². The van der Waals surface area contributed by atoms with E-state index in [1.807, 2.05) is 31.1 Å². The fraction of sp³-hybridized carbons (Fsp3) is 0.500. The molecule has 1 N–H and O–H groups in total. The first kappa shape index (κ1) is 22.1. The highest BCUT2D eigenvalue weighted by Crippen LogP contribution is 2.22. The molecule has 0 radical (unpaired) electrons. The van der Waals surface area contributed by atoms with Crippen LogP contribution in [0, 0.1) is 12.8 Å². The van der Waals surface area contributed by atoms with Crippen LogP contribution in [0.1, 0.15) is 36.3 Å². The number of rotatable bonds is 6. The van der Waals surface area contributed by atoms with E-state index in [-0.39, 0.29) is 17.7 Å². The lowest BCUT2D eigenvalue weighted by Crippen LogP contribution is -2.52. The van der Waals surface area contributed by atoms with E-state index in [2.05, 4.69) is 15.2 Å². The number of hydrogen-bond donors (Lipinski definition) is 1.